The zero-order chi connectivity index (χ0) is 25.1. The Kier molecular flexibility index (Phi) is 7.70. The van der Waals surface area contributed by atoms with E-state index in [1.54, 1.807) is 0 Å². The molecule has 0 radical (unpaired) electrons. The van der Waals surface area contributed by atoms with Gasteiger partial charge in [0.25, 0.3) is 0 Å². The van der Waals surface area contributed by atoms with Crippen molar-refractivity contribution < 1.29 is 19.4 Å². The van der Waals surface area contributed by atoms with Gasteiger partial charge in [0.15, 0.2) is 0 Å². The second-order valence-corrected chi connectivity index (χ2v) is 10.9. The lowest BCUT2D eigenvalue weighted by Crippen LogP contribution is -2.45. The number of rotatable bonds is 10. The highest BCUT2D eigenvalue weighted by atomic mass is 16.5. The third-order valence-electron chi connectivity index (χ3n) is 8.33. The van der Waals surface area contributed by atoms with E-state index in [0.717, 1.165) is 50.6 Å². The molecule has 2 unspecified atom stereocenters. The fourth-order valence-corrected chi connectivity index (χ4v) is 5.93. The van der Waals surface area contributed by atoms with Gasteiger partial charge < -0.3 is 15.2 Å². The number of nitrogens with zero attached hydrogens (tertiary/aromatic N) is 3. The van der Waals surface area contributed by atoms with Crippen molar-refractivity contribution in [3.63, 3.8) is 0 Å². The molecule has 1 amide bonds. The summed E-state index contributed by atoms with van der Waals surface area (Å²) in [5.74, 6) is -0.763. The molecule has 0 spiro atoms. The van der Waals surface area contributed by atoms with Crippen molar-refractivity contribution in [2.75, 3.05) is 6.61 Å². The van der Waals surface area contributed by atoms with Crippen molar-refractivity contribution in [1.82, 2.24) is 20.1 Å². The highest BCUT2D eigenvalue weighted by Crippen LogP contribution is 2.34. The lowest BCUT2D eigenvalue weighted by molar-refractivity contribution is -0.143. The lowest BCUT2D eigenvalue weighted by Gasteiger charge is -2.35. The number of hydrogen-bond donors (Lipinski definition) is 2. The first-order chi connectivity index (χ1) is 17.5. The highest BCUT2D eigenvalue weighted by Gasteiger charge is 2.32. The Morgan fingerprint density at radius 1 is 1.19 bits per heavy atom. The average molecular weight is 495 g/mol. The first-order valence-electron chi connectivity index (χ1n) is 13.6. The third kappa shape index (κ3) is 5.80. The topological polar surface area (TPSA) is 106 Å². The number of pyridine rings is 1. The maximum atomic E-state index is 12.8. The number of carbonyl (C=O) groups is 2. The summed E-state index contributed by atoms with van der Waals surface area (Å²) >= 11 is 0. The first-order valence-corrected chi connectivity index (χ1v) is 13.6. The SMILES string of the molecule is Cn1ncc2c1CC(C(=O)NC(CCOC1CC(CCc3ccc4c(n3)CCCC4)C1)C(=O)O)CC2. The van der Waals surface area contributed by atoms with Crippen LogP contribution in [0.2, 0.25) is 0 Å². The number of nitrogens with one attached hydrogen (secondary N) is 1. The molecule has 2 atom stereocenters. The predicted molar refractivity (Wildman–Crippen MR) is 135 cm³/mol. The highest BCUT2D eigenvalue weighted by molar-refractivity contribution is 5.85. The number of ether oxygens (including phenoxy) is 1. The Balaban J connectivity index is 1.00. The van der Waals surface area contributed by atoms with Crippen LogP contribution in [-0.2, 0) is 53.5 Å². The molecule has 2 aromatic rings. The molecule has 36 heavy (non-hydrogen) atoms. The molecule has 2 heterocycles. The van der Waals surface area contributed by atoms with Crippen LogP contribution in [0.25, 0.3) is 0 Å². The third-order valence-corrected chi connectivity index (χ3v) is 8.33. The summed E-state index contributed by atoms with van der Waals surface area (Å²) in [6, 6.07) is 3.54. The molecule has 1 fully saturated rings. The number of aryl methyl sites for hydroxylation is 5. The number of hydrogen-bond acceptors (Lipinski definition) is 5. The molecule has 5 rings (SSSR count). The minimum Gasteiger partial charge on any atom is -0.480 e. The standard InChI is InChI=1S/C28H38N4O4/c1-32-26-16-20(7-8-21(26)17-29-32)27(33)31-25(28(34)35)12-13-36-23-14-18(15-23)6-10-22-11-9-19-4-2-3-5-24(19)30-22/h9,11,17-18,20,23,25H,2-8,10,12-16H2,1H3,(H,31,33)(H,34,35). The molecule has 0 aliphatic heterocycles. The maximum Gasteiger partial charge on any atom is 0.326 e. The number of aromatic nitrogens is 3. The Bertz CT molecular complexity index is 1090. The van der Waals surface area contributed by atoms with E-state index in [9.17, 15) is 14.7 Å². The summed E-state index contributed by atoms with van der Waals surface area (Å²) < 4.78 is 7.76. The predicted octanol–water partition coefficient (Wildman–Crippen LogP) is 3.19. The quantitative estimate of drug-likeness (QED) is 0.525. The van der Waals surface area contributed by atoms with E-state index in [0.29, 0.717) is 18.9 Å². The summed E-state index contributed by atoms with van der Waals surface area (Å²) in [6.07, 6.45) is 13.5. The Labute approximate surface area is 212 Å². The largest absolute Gasteiger partial charge is 0.480 e. The second kappa shape index (κ2) is 11.1. The van der Waals surface area contributed by atoms with Gasteiger partial charge in [0.1, 0.15) is 6.04 Å². The minimum atomic E-state index is -1.01. The van der Waals surface area contributed by atoms with Crippen LogP contribution in [0, 0.1) is 11.8 Å². The summed E-state index contributed by atoms with van der Waals surface area (Å²) in [5, 5.41) is 16.7. The zero-order valence-corrected chi connectivity index (χ0v) is 21.2. The molecule has 8 heteroatoms. The van der Waals surface area contributed by atoms with Crippen LogP contribution in [0.1, 0.15) is 73.2 Å². The molecule has 2 aromatic heterocycles. The number of carboxylic acids is 1. The molecule has 194 valence electrons. The lowest BCUT2D eigenvalue weighted by atomic mass is 9.79. The molecule has 8 nitrogen and oxygen atoms in total. The van der Waals surface area contributed by atoms with Crippen LogP contribution in [0.4, 0.5) is 0 Å². The maximum absolute atomic E-state index is 12.8. The fourth-order valence-electron chi connectivity index (χ4n) is 5.93. The van der Waals surface area contributed by atoms with E-state index >= 15 is 0 Å². The average Bonchev–Trinajstić information content (AvgIpc) is 3.23. The second-order valence-electron chi connectivity index (χ2n) is 10.9. The smallest absolute Gasteiger partial charge is 0.326 e. The summed E-state index contributed by atoms with van der Waals surface area (Å²) in [4.78, 5) is 29.4. The van der Waals surface area contributed by atoms with E-state index < -0.39 is 12.0 Å². The molecule has 0 saturated heterocycles. The van der Waals surface area contributed by atoms with Gasteiger partial charge in [-0.15, -0.1) is 0 Å². The van der Waals surface area contributed by atoms with Crippen LogP contribution < -0.4 is 5.32 Å². The van der Waals surface area contributed by atoms with E-state index in [4.69, 9.17) is 9.72 Å². The molecule has 0 bridgehead atoms. The van der Waals surface area contributed by atoms with Crippen LogP contribution in [-0.4, -0.2) is 50.5 Å². The van der Waals surface area contributed by atoms with E-state index in [-0.39, 0.29) is 24.3 Å². The minimum absolute atomic E-state index is 0.186. The summed E-state index contributed by atoms with van der Waals surface area (Å²) in [7, 11) is 1.88. The van der Waals surface area contributed by atoms with Crippen molar-refractivity contribution in [1.29, 1.82) is 0 Å². The van der Waals surface area contributed by atoms with Gasteiger partial charge in [-0.05, 0) is 87.3 Å². The summed E-state index contributed by atoms with van der Waals surface area (Å²) in [6.45, 7) is 0.345. The molecule has 3 aliphatic carbocycles. The number of aliphatic carboxylic acids is 1. The van der Waals surface area contributed by atoms with Gasteiger partial charge in [-0.3, -0.25) is 14.5 Å². The van der Waals surface area contributed by atoms with E-state index in [1.807, 2.05) is 17.9 Å². The van der Waals surface area contributed by atoms with Gasteiger partial charge in [0.2, 0.25) is 5.91 Å². The monoisotopic (exact) mass is 494 g/mol. The van der Waals surface area contributed by atoms with Crippen LogP contribution in [0.5, 0.6) is 0 Å². The van der Waals surface area contributed by atoms with Gasteiger partial charge in [0.05, 0.1) is 12.3 Å². The molecule has 3 aliphatic rings. The van der Waals surface area contributed by atoms with Crippen molar-refractivity contribution in [2.24, 2.45) is 18.9 Å². The number of carbonyl (C=O) groups excluding carboxylic acids is 1. The number of amides is 1. The van der Waals surface area contributed by atoms with Crippen molar-refractivity contribution >= 4 is 11.9 Å². The normalized spacial score (nSPS) is 23.8. The molecule has 2 N–H and O–H groups in total. The first kappa shape index (κ1) is 24.9. The van der Waals surface area contributed by atoms with E-state index in [2.05, 4.69) is 22.5 Å². The van der Waals surface area contributed by atoms with Crippen molar-refractivity contribution in [3.05, 3.63) is 46.5 Å². The summed E-state index contributed by atoms with van der Waals surface area (Å²) in [5.41, 5.74) is 6.19. The molecule has 0 aromatic carbocycles. The number of carboxylic acid groups (broad SMARTS) is 1. The van der Waals surface area contributed by atoms with Gasteiger partial charge in [0, 0.05) is 49.5 Å². The van der Waals surface area contributed by atoms with Crippen LogP contribution in [0.15, 0.2) is 18.3 Å². The fraction of sp³-hybridized carbons (Fsp3) is 0.643. The van der Waals surface area contributed by atoms with Crippen LogP contribution in [0.3, 0.4) is 0 Å². The van der Waals surface area contributed by atoms with Gasteiger partial charge in [-0.25, -0.2) is 4.79 Å². The van der Waals surface area contributed by atoms with Gasteiger partial charge in [-0.1, -0.05) is 6.07 Å². The van der Waals surface area contributed by atoms with Gasteiger partial charge >= 0.3 is 5.97 Å². The Morgan fingerprint density at radius 2 is 2.03 bits per heavy atom. The van der Waals surface area contributed by atoms with Crippen molar-refractivity contribution in [3.8, 4) is 0 Å². The van der Waals surface area contributed by atoms with Gasteiger partial charge in [-0.2, -0.15) is 5.10 Å². The van der Waals surface area contributed by atoms with Crippen molar-refractivity contribution in [2.45, 2.75) is 89.2 Å². The molecular formula is C28H38N4O4. The van der Waals surface area contributed by atoms with E-state index in [1.165, 1.54) is 41.8 Å². The Morgan fingerprint density at radius 3 is 2.86 bits per heavy atom. The van der Waals surface area contributed by atoms with Crippen LogP contribution >= 0.6 is 0 Å². The Hall–Kier alpha value is -2.74. The molecular weight excluding hydrogens is 456 g/mol. The zero-order valence-electron chi connectivity index (χ0n) is 21.2. The number of fused-ring (bicyclic) bond motifs is 2. The molecule has 1 saturated carbocycles.